The Kier molecular flexibility index (Phi) is 4.87. The lowest BCUT2D eigenvalue weighted by molar-refractivity contribution is 0.139. The molecule has 0 aliphatic heterocycles. The van der Waals surface area contributed by atoms with Crippen LogP contribution in [0, 0.1) is 17.8 Å². The third-order valence-electron chi connectivity index (χ3n) is 4.22. The molecule has 0 aromatic heterocycles. The summed E-state index contributed by atoms with van der Waals surface area (Å²) in [6.45, 7) is 12.0. The topological polar surface area (TPSA) is 15.3 Å². The highest BCUT2D eigenvalue weighted by Crippen LogP contribution is 2.35. The molecule has 1 N–H and O–H groups in total. The van der Waals surface area contributed by atoms with Gasteiger partial charge in [-0.1, -0.05) is 20.8 Å². The van der Waals surface area contributed by atoms with Crippen LogP contribution in [0.25, 0.3) is 0 Å². The second kappa shape index (κ2) is 6.19. The van der Waals surface area contributed by atoms with Crippen molar-refractivity contribution in [2.45, 2.75) is 52.5 Å². The Bertz CT molecular complexity index is 205. The van der Waals surface area contributed by atoms with E-state index < -0.39 is 0 Å². The van der Waals surface area contributed by atoms with E-state index >= 15 is 0 Å². The van der Waals surface area contributed by atoms with Crippen LogP contribution in [0.2, 0.25) is 0 Å². The van der Waals surface area contributed by atoms with Gasteiger partial charge < -0.3 is 5.32 Å². The summed E-state index contributed by atoms with van der Waals surface area (Å²) in [6.07, 6.45) is 5.92. The van der Waals surface area contributed by atoms with Gasteiger partial charge in [0.15, 0.2) is 0 Å². The molecule has 2 saturated carbocycles. The number of rotatable bonds is 9. The van der Waals surface area contributed by atoms with Crippen LogP contribution in [0.3, 0.4) is 0 Å². The summed E-state index contributed by atoms with van der Waals surface area (Å²) in [5.41, 5.74) is 0. The van der Waals surface area contributed by atoms with Gasteiger partial charge in [0.05, 0.1) is 0 Å². The Morgan fingerprint density at radius 3 is 1.94 bits per heavy atom. The van der Waals surface area contributed by atoms with Gasteiger partial charge in [0.25, 0.3) is 0 Å². The van der Waals surface area contributed by atoms with Crippen LogP contribution >= 0.6 is 0 Å². The molecule has 0 amide bonds. The monoisotopic (exact) mass is 238 g/mol. The minimum atomic E-state index is 0.746. The molecule has 2 fully saturated rings. The Morgan fingerprint density at radius 2 is 1.59 bits per heavy atom. The van der Waals surface area contributed by atoms with Gasteiger partial charge in [-0.2, -0.15) is 0 Å². The van der Waals surface area contributed by atoms with Crippen molar-refractivity contribution in [3.8, 4) is 0 Å². The van der Waals surface area contributed by atoms with E-state index in [1.165, 1.54) is 45.3 Å². The zero-order chi connectivity index (χ0) is 12.3. The smallest absolute Gasteiger partial charge is 0.0243 e. The standard InChI is InChI=1S/C15H30N2/c1-4-16-9-15(12(2)3)17(10-13-5-6-13)11-14-7-8-14/h12-16H,4-11H2,1-3H3. The van der Waals surface area contributed by atoms with E-state index in [1.807, 2.05) is 0 Å². The predicted molar refractivity (Wildman–Crippen MR) is 74.2 cm³/mol. The molecule has 2 nitrogen and oxygen atoms in total. The molecule has 1 unspecified atom stereocenters. The molecule has 2 rings (SSSR count). The number of hydrogen-bond acceptors (Lipinski definition) is 2. The molecule has 100 valence electrons. The summed E-state index contributed by atoms with van der Waals surface area (Å²) in [7, 11) is 0. The maximum Gasteiger partial charge on any atom is 0.0243 e. The van der Waals surface area contributed by atoms with E-state index in [9.17, 15) is 0 Å². The lowest BCUT2D eigenvalue weighted by atomic mass is 10.0. The van der Waals surface area contributed by atoms with E-state index in [1.54, 1.807) is 0 Å². The Labute approximate surface area is 107 Å². The molecule has 17 heavy (non-hydrogen) atoms. The molecule has 0 bridgehead atoms. The second-order valence-electron chi connectivity index (χ2n) is 6.46. The highest BCUT2D eigenvalue weighted by atomic mass is 15.2. The molecule has 0 spiro atoms. The summed E-state index contributed by atoms with van der Waals surface area (Å²) in [5.74, 6) is 2.82. The van der Waals surface area contributed by atoms with E-state index in [4.69, 9.17) is 0 Å². The Balaban J connectivity index is 1.87. The average Bonchev–Trinajstić information content (AvgIpc) is 3.12. The van der Waals surface area contributed by atoms with Gasteiger partial charge in [-0.05, 0) is 50.0 Å². The van der Waals surface area contributed by atoms with E-state index in [0.717, 1.165) is 30.3 Å². The molecule has 0 heterocycles. The van der Waals surface area contributed by atoms with Gasteiger partial charge >= 0.3 is 0 Å². The molecule has 1 atom stereocenters. The minimum Gasteiger partial charge on any atom is -0.315 e. The van der Waals surface area contributed by atoms with Crippen LogP contribution in [0.4, 0.5) is 0 Å². The van der Waals surface area contributed by atoms with Crippen molar-refractivity contribution in [2.24, 2.45) is 17.8 Å². The first-order chi connectivity index (χ1) is 8.20. The van der Waals surface area contributed by atoms with E-state index in [-0.39, 0.29) is 0 Å². The third kappa shape index (κ3) is 4.59. The highest BCUT2D eigenvalue weighted by Gasteiger charge is 2.33. The molecule has 2 heteroatoms. The fraction of sp³-hybridized carbons (Fsp3) is 1.00. The predicted octanol–water partition coefficient (Wildman–Crippen LogP) is 2.74. The number of nitrogens with one attached hydrogen (secondary N) is 1. The number of hydrogen-bond donors (Lipinski definition) is 1. The lowest BCUT2D eigenvalue weighted by Crippen LogP contribution is -2.47. The summed E-state index contributed by atoms with van der Waals surface area (Å²) < 4.78 is 0. The quantitative estimate of drug-likeness (QED) is 0.664. The fourth-order valence-corrected chi connectivity index (χ4v) is 2.69. The summed E-state index contributed by atoms with van der Waals surface area (Å²) >= 11 is 0. The Hall–Kier alpha value is -0.0800. The van der Waals surface area contributed by atoms with Gasteiger partial charge in [-0.25, -0.2) is 0 Å². The zero-order valence-electron chi connectivity index (χ0n) is 11.9. The second-order valence-corrected chi connectivity index (χ2v) is 6.46. The van der Waals surface area contributed by atoms with Gasteiger partial charge in [0.2, 0.25) is 0 Å². The molecule has 0 aromatic carbocycles. The van der Waals surface area contributed by atoms with Gasteiger partial charge in [-0.15, -0.1) is 0 Å². The maximum absolute atomic E-state index is 3.56. The number of nitrogens with zero attached hydrogens (tertiary/aromatic N) is 1. The molecular weight excluding hydrogens is 208 g/mol. The van der Waals surface area contributed by atoms with Crippen molar-refractivity contribution in [2.75, 3.05) is 26.2 Å². The molecule has 2 aliphatic rings. The van der Waals surface area contributed by atoms with E-state index in [2.05, 4.69) is 31.0 Å². The first kappa shape index (κ1) is 13.4. The zero-order valence-corrected chi connectivity index (χ0v) is 11.9. The van der Waals surface area contributed by atoms with E-state index in [0.29, 0.717) is 0 Å². The summed E-state index contributed by atoms with van der Waals surface area (Å²) in [5, 5.41) is 3.56. The van der Waals surface area contributed by atoms with Crippen molar-refractivity contribution in [1.82, 2.24) is 10.2 Å². The van der Waals surface area contributed by atoms with Crippen molar-refractivity contribution >= 4 is 0 Å². The molecule has 0 aromatic rings. The van der Waals surface area contributed by atoms with Crippen LogP contribution < -0.4 is 5.32 Å². The fourth-order valence-electron chi connectivity index (χ4n) is 2.69. The van der Waals surface area contributed by atoms with Crippen LogP contribution in [0.5, 0.6) is 0 Å². The first-order valence-corrected chi connectivity index (χ1v) is 7.65. The highest BCUT2D eigenvalue weighted by molar-refractivity contribution is 4.87. The number of likely N-dealkylation sites (N-methyl/N-ethyl adjacent to an activating group) is 1. The van der Waals surface area contributed by atoms with Crippen LogP contribution in [-0.2, 0) is 0 Å². The summed E-state index contributed by atoms with van der Waals surface area (Å²) in [6, 6.07) is 0.746. The van der Waals surface area contributed by atoms with Crippen molar-refractivity contribution in [3.05, 3.63) is 0 Å². The van der Waals surface area contributed by atoms with Gasteiger partial charge in [0.1, 0.15) is 0 Å². The molecular formula is C15H30N2. The van der Waals surface area contributed by atoms with Crippen LogP contribution in [-0.4, -0.2) is 37.1 Å². The maximum atomic E-state index is 3.56. The minimum absolute atomic E-state index is 0.746. The largest absolute Gasteiger partial charge is 0.315 e. The van der Waals surface area contributed by atoms with Crippen LogP contribution in [0.1, 0.15) is 46.5 Å². The van der Waals surface area contributed by atoms with Crippen molar-refractivity contribution < 1.29 is 0 Å². The summed E-state index contributed by atoms with van der Waals surface area (Å²) in [4.78, 5) is 2.81. The van der Waals surface area contributed by atoms with Crippen molar-refractivity contribution in [3.63, 3.8) is 0 Å². The molecule has 0 radical (unpaired) electrons. The molecule has 2 aliphatic carbocycles. The van der Waals surface area contributed by atoms with Crippen LogP contribution in [0.15, 0.2) is 0 Å². The SMILES string of the molecule is CCNCC(C(C)C)N(CC1CC1)CC1CC1. The van der Waals surface area contributed by atoms with Crippen molar-refractivity contribution in [1.29, 1.82) is 0 Å². The van der Waals surface area contributed by atoms with Gasteiger partial charge in [0, 0.05) is 25.7 Å². The average molecular weight is 238 g/mol. The molecule has 0 saturated heterocycles. The normalized spacial score (nSPS) is 22.4. The van der Waals surface area contributed by atoms with Gasteiger partial charge in [-0.3, -0.25) is 4.90 Å². The lowest BCUT2D eigenvalue weighted by Gasteiger charge is -2.35. The first-order valence-electron chi connectivity index (χ1n) is 7.65. The third-order valence-corrected chi connectivity index (χ3v) is 4.22. The Morgan fingerprint density at radius 1 is 1.06 bits per heavy atom.